The lowest BCUT2D eigenvalue weighted by molar-refractivity contribution is 0.0601. The number of hydrogen-bond acceptors (Lipinski definition) is 3. The van der Waals surface area contributed by atoms with Gasteiger partial charge in [0.1, 0.15) is 5.75 Å². The summed E-state index contributed by atoms with van der Waals surface area (Å²) in [6, 6.07) is 11.3. The van der Waals surface area contributed by atoms with E-state index in [0.717, 1.165) is 27.6 Å². The predicted octanol–water partition coefficient (Wildman–Crippen LogP) is 3.12. The number of rotatable bonds is 2. The number of ether oxygens (including phenoxy) is 2. The SMILES string of the molecule is COC(=O)c1ccc2c(c1)[nH]c1ccc(OC)cc12. The summed E-state index contributed by atoms with van der Waals surface area (Å²) in [5, 5.41) is 2.13. The highest BCUT2D eigenvalue weighted by atomic mass is 16.5. The second kappa shape index (κ2) is 4.31. The average molecular weight is 255 g/mol. The molecule has 0 spiro atoms. The molecule has 0 saturated heterocycles. The number of nitrogens with one attached hydrogen (secondary N) is 1. The van der Waals surface area contributed by atoms with Crippen molar-refractivity contribution < 1.29 is 14.3 Å². The Morgan fingerprint density at radius 3 is 2.58 bits per heavy atom. The molecule has 0 bridgehead atoms. The zero-order valence-electron chi connectivity index (χ0n) is 10.7. The summed E-state index contributed by atoms with van der Waals surface area (Å²) in [6.45, 7) is 0. The van der Waals surface area contributed by atoms with E-state index in [2.05, 4.69) is 4.98 Å². The van der Waals surface area contributed by atoms with Crippen LogP contribution >= 0.6 is 0 Å². The van der Waals surface area contributed by atoms with Crippen LogP contribution in [0.4, 0.5) is 0 Å². The third-order valence-electron chi connectivity index (χ3n) is 3.23. The van der Waals surface area contributed by atoms with Gasteiger partial charge in [-0.1, -0.05) is 6.07 Å². The highest BCUT2D eigenvalue weighted by molar-refractivity contribution is 6.09. The van der Waals surface area contributed by atoms with Crippen LogP contribution in [-0.2, 0) is 4.74 Å². The van der Waals surface area contributed by atoms with E-state index in [0.29, 0.717) is 5.56 Å². The lowest BCUT2D eigenvalue weighted by atomic mass is 10.1. The van der Waals surface area contributed by atoms with Crippen molar-refractivity contribution in [3.05, 3.63) is 42.0 Å². The number of H-pyrrole nitrogens is 1. The molecule has 19 heavy (non-hydrogen) atoms. The van der Waals surface area contributed by atoms with Crippen molar-refractivity contribution in [1.82, 2.24) is 4.98 Å². The minimum atomic E-state index is -0.335. The molecule has 4 nitrogen and oxygen atoms in total. The summed E-state index contributed by atoms with van der Waals surface area (Å²) in [5.41, 5.74) is 2.46. The van der Waals surface area contributed by atoms with Gasteiger partial charge in [-0.3, -0.25) is 0 Å². The molecule has 0 atom stereocenters. The molecule has 96 valence electrons. The number of aromatic nitrogens is 1. The Morgan fingerprint density at radius 1 is 1.00 bits per heavy atom. The lowest BCUT2D eigenvalue weighted by Gasteiger charge is -1.99. The predicted molar refractivity (Wildman–Crippen MR) is 73.7 cm³/mol. The van der Waals surface area contributed by atoms with E-state index >= 15 is 0 Å². The van der Waals surface area contributed by atoms with E-state index in [1.165, 1.54) is 7.11 Å². The molecule has 0 amide bonds. The molecule has 1 aromatic heterocycles. The standard InChI is InChI=1S/C15H13NO3/c1-18-10-4-6-13-12(8-10)11-5-3-9(15(17)19-2)7-14(11)16-13/h3-8,16H,1-2H3. The van der Waals surface area contributed by atoms with Crippen molar-refractivity contribution in [2.45, 2.75) is 0 Å². The van der Waals surface area contributed by atoms with Crippen LogP contribution in [0.25, 0.3) is 21.8 Å². The quantitative estimate of drug-likeness (QED) is 0.716. The van der Waals surface area contributed by atoms with Crippen LogP contribution in [-0.4, -0.2) is 25.2 Å². The topological polar surface area (TPSA) is 51.3 Å². The van der Waals surface area contributed by atoms with Crippen molar-refractivity contribution in [2.75, 3.05) is 14.2 Å². The molecule has 3 rings (SSSR count). The van der Waals surface area contributed by atoms with Crippen molar-refractivity contribution in [3.8, 4) is 5.75 Å². The number of methoxy groups -OCH3 is 2. The number of carbonyl (C=O) groups excluding carboxylic acids is 1. The van der Waals surface area contributed by atoms with Crippen molar-refractivity contribution in [2.24, 2.45) is 0 Å². The number of carbonyl (C=O) groups is 1. The van der Waals surface area contributed by atoms with Crippen molar-refractivity contribution in [3.63, 3.8) is 0 Å². The minimum absolute atomic E-state index is 0.335. The molecule has 0 aliphatic rings. The maximum absolute atomic E-state index is 11.5. The van der Waals surface area contributed by atoms with Gasteiger partial charge in [0.25, 0.3) is 0 Å². The maximum atomic E-state index is 11.5. The van der Waals surface area contributed by atoms with Gasteiger partial charge in [0.05, 0.1) is 19.8 Å². The van der Waals surface area contributed by atoms with Crippen LogP contribution in [0, 0.1) is 0 Å². The normalized spacial score (nSPS) is 10.8. The highest BCUT2D eigenvalue weighted by Gasteiger charge is 2.10. The summed E-state index contributed by atoms with van der Waals surface area (Å²) in [7, 11) is 3.02. The Morgan fingerprint density at radius 2 is 1.84 bits per heavy atom. The summed E-state index contributed by atoms with van der Waals surface area (Å²) >= 11 is 0. The largest absolute Gasteiger partial charge is 0.497 e. The van der Waals surface area contributed by atoms with E-state index in [1.807, 2.05) is 24.3 Å². The van der Waals surface area contributed by atoms with Gasteiger partial charge >= 0.3 is 5.97 Å². The van der Waals surface area contributed by atoms with Gasteiger partial charge in [0.15, 0.2) is 0 Å². The molecule has 2 aromatic carbocycles. The van der Waals surface area contributed by atoms with Crippen molar-refractivity contribution >= 4 is 27.8 Å². The summed E-state index contributed by atoms with van der Waals surface area (Å²) in [5.74, 6) is 0.476. The molecule has 0 radical (unpaired) electrons. The van der Waals surface area contributed by atoms with Gasteiger partial charge in [-0.05, 0) is 30.3 Å². The molecule has 1 N–H and O–H groups in total. The van der Waals surface area contributed by atoms with Gasteiger partial charge in [0, 0.05) is 21.8 Å². The van der Waals surface area contributed by atoms with Crippen LogP contribution in [0.2, 0.25) is 0 Å². The number of aromatic amines is 1. The third kappa shape index (κ3) is 1.81. The number of hydrogen-bond donors (Lipinski definition) is 1. The maximum Gasteiger partial charge on any atom is 0.337 e. The van der Waals surface area contributed by atoms with Crippen LogP contribution in [0.1, 0.15) is 10.4 Å². The third-order valence-corrected chi connectivity index (χ3v) is 3.23. The van der Waals surface area contributed by atoms with Crippen LogP contribution < -0.4 is 4.74 Å². The number of esters is 1. The smallest absolute Gasteiger partial charge is 0.337 e. The van der Waals surface area contributed by atoms with Gasteiger partial charge < -0.3 is 14.5 Å². The van der Waals surface area contributed by atoms with E-state index in [-0.39, 0.29) is 5.97 Å². The highest BCUT2D eigenvalue weighted by Crippen LogP contribution is 2.29. The van der Waals surface area contributed by atoms with Gasteiger partial charge in [-0.15, -0.1) is 0 Å². The second-order valence-electron chi connectivity index (χ2n) is 4.29. The van der Waals surface area contributed by atoms with Crippen LogP contribution in [0.3, 0.4) is 0 Å². The molecule has 1 heterocycles. The van der Waals surface area contributed by atoms with Crippen LogP contribution in [0.15, 0.2) is 36.4 Å². The molecule has 4 heteroatoms. The monoisotopic (exact) mass is 255 g/mol. The number of benzene rings is 2. The Balaban J connectivity index is 2.25. The molecular weight excluding hydrogens is 242 g/mol. The molecule has 0 fully saturated rings. The first kappa shape index (κ1) is 11.6. The molecule has 0 saturated carbocycles. The van der Waals surface area contributed by atoms with E-state index < -0.39 is 0 Å². The first-order chi connectivity index (χ1) is 9.22. The Hall–Kier alpha value is -2.49. The zero-order valence-corrected chi connectivity index (χ0v) is 10.7. The fourth-order valence-corrected chi connectivity index (χ4v) is 2.25. The zero-order chi connectivity index (χ0) is 13.4. The van der Waals surface area contributed by atoms with Crippen LogP contribution in [0.5, 0.6) is 5.75 Å². The minimum Gasteiger partial charge on any atom is -0.497 e. The first-order valence-electron chi connectivity index (χ1n) is 5.90. The molecule has 0 aliphatic heterocycles. The molecule has 3 aromatic rings. The summed E-state index contributed by atoms with van der Waals surface area (Å²) < 4.78 is 9.95. The number of fused-ring (bicyclic) bond motifs is 3. The summed E-state index contributed by atoms with van der Waals surface area (Å²) in [4.78, 5) is 14.8. The van der Waals surface area contributed by atoms with E-state index in [1.54, 1.807) is 19.2 Å². The van der Waals surface area contributed by atoms with E-state index in [9.17, 15) is 4.79 Å². The fourth-order valence-electron chi connectivity index (χ4n) is 2.25. The summed E-state index contributed by atoms with van der Waals surface area (Å²) in [6.07, 6.45) is 0. The van der Waals surface area contributed by atoms with Gasteiger partial charge in [-0.25, -0.2) is 4.79 Å². The molecule has 0 unspecified atom stereocenters. The lowest BCUT2D eigenvalue weighted by Crippen LogP contribution is -2.00. The molecule has 0 aliphatic carbocycles. The van der Waals surface area contributed by atoms with Crippen molar-refractivity contribution in [1.29, 1.82) is 0 Å². The average Bonchev–Trinajstić information content (AvgIpc) is 2.82. The van der Waals surface area contributed by atoms with Gasteiger partial charge in [-0.2, -0.15) is 0 Å². The Bertz CT molecular complexity index is 774. The Labute approximate surface area is 109 Å². The first-order valence-corrected chi connectivity index (χ1v) is 5.90. The second-order valence-corrected chi connectivity index (χ2v) is 4.29. The molecular formula is C15H13NO3. The van der Waals surface area contributed by atoms with E-state index in [4.69, 9.17) is 9.47 Å². The fraction of sp³-hybridized carbons (Fsp3) is 0.133. The van der Waals surface area contributed by atoms with Gasteiger partial charge in [0.2, 0.25) is 0 Å². The Kier molecular flexibility index (Phi) is 2.63.